The maximum Gasteiger partial charge on any atom is 0.441 e. The van der Waals surface area contributed by atoms with E-state index in [9.17, 15) is 13.2 Å². The molecule has 1 aromatic rings. The van der Waals surface area contributed by atoms with Crippen LogP contribution in [-0.4, -0.2) is 27.6 Å². The van der Waals surface area contributed by atoms with E-state index in [1.165, 1.54) is 0 Å². The molecule has 3 nitrogen and oxygen atoms in total. The fraction of sp³-hybridized carbons (Fsp3) is 0.750. The number of aryl methyl sites for hydroxylation is 2. The molecule has 0 bridgehead atoms. The highest BCUT2D eigenvalue weighted by atomic mass is 32.2. The molecule has 0 saturated heterocycles. The third kappa shape index (κ3) is 4.72. The van der Waals surface area contributed by atoms with E-state index in [4.69, 9.17) is 5.73 Å². The van der Waals surface area contributed by atoms with Crippen LogP contribution in [0.2, 0.25) is 0 Å². The summed E-state index contributed by atoms with van der Waals surface area (Å²) < 4.78 is 38.1. The van der Waals surface area contributed by atoms with Gasteiger partial charge < -0.3 is 5.73 Å². The molecule has 0 aromatic carbocycles. The number of nitrogens with zero attached hydrogens (tertiary/aromatic N) is 2. The molecule has 7 heteroatoms. The minimum atomic E-state index is -4.17. The molecular formula is C12H20F3N3S. The van der Waals surface area contributed by atoms with Crippen molar-refractivity contribution < 1.29 is 13.2 Å². The largest absolute Gasteiger partial charge is 0.441 e. The average molecular weight is 295 g/mol. The molecule has 0 saturated carbocycles. The van der Waals surface area contributed by atoms with Crippen molar-refractivity contribution in [1.29, 1.82) is 0 Å². The molecule has 0 unspecified atom stereocenters. The summed E-state index contributed by atoms with van der Waals surface area (Å²) in [7, 11) is 0. The Balaban J connectivity index is 2.82. The molecule has 1 heterocycles. The van der Waals surface area contributed by atoms with Gasteiger partial charge in [0.25, 0.3) is 0 Å². The van der Waals surface area contributed by atoms with Crippen molar-refractivity contribution in [2.75, 3.05) is 12.3 Å². The molecule has 0 aliphatic rings. The number of rotatable bonds is 7. The minimum Gasteiger partial charge on any atom is -0.330 e. The number of halogens is 3. The second kappa shape index (κ2) is 7.19. The second-order valence-electron chi connectivity index (χ2n) is 4.14. The quantitative estimate of drug-likeness (QED) is 0.841. The summed E-state index contributed by atoms with van der Waals surface area (Å²) in [6.07, 6.45) is 2.28. The summed E-state index contributed by atoms with van der Waals surface area (Å²) in [5.41, 5.74) is 4.50. The Hall–Kier alpha value is -0.690. The van der Waals surface area contributed by atoms with Gasteiger partial charge in [-0.1, -0.05) is 13.8 Å². The highest BCUT2D eigenvalue weighted by Gasteiger charge is 2.27. The molecule has 0 fully saturated rings. The van der Waals surface area contributed by atoms with Crippen LogP contribution in [0.3, 0.4) is 0 Å². The smallest absolute Gasteiger partial charge is 0.330 e. The van der Waals surface area contributed by atoms with Gasteiger partial charge in [0.15, 0.2) is 0 Å². The zero-order valence-corrected chi connectivity index (χ0v) is 12.1. The number of hydrogen-bond donors (Lipinski definition) is 1. The minimum absolute atomic E-state index is 0.00186. The summed E-state index contributed by atoms with van der Waals surface area (Å²) in [5, 5.41) is 4.42. The lowest BCUT2D eigenvalue weighted by atomic mass is 10.1. The highest BCUT2D eigenvalue weighted by Crippen LogP contribution is 2.30. The van der Waals surface area contributed by atoms with Crippen LogP contribution in [0.15, 0.2) is 0 Å². The van der Waals surface area contributed by atoms with Gasteiger partial charge in [-0.15, -0.1) is 0 Å². The van der Waals surface area contributed by atoms with Crippen LogP contribution in [-0.2, 0) is 25.8 Å². The molecule has 110 valence electrons. The van der Waals surface area contributed by atoms with E-state index in [0.717, 1.165) is 36.2 Å². The Morgan fingerprint density at radius 1 is 1.26 bits per heavy atom. The van der Waals surface area contributed by atoms with Crippen LogP contribution in [0.1, 0.15) is 30.8 Å². The van der Waals surface area contributed by atoms with Crippen LogP contribution in [0.25, 0.3) is 0 Å². The molecule has 0 amide bonds. The number of alkyl halides is 3. The molecule has 1 aromatic heterocycles. The molecule has 0 radical (unpaired) electrons. The molecule has 0 atom stereocenters. The topological polar surface area (TPSA) is 43.8 Å². The number of nitrogens with two attached hydrogens (primary N) is 1. The second-order valence-corrected chi connectivity index (χ2v) is 5.29. The van der Waals surface area contributed by atoms with Crippen LogP contribution >= 0.6 is 11.8 Å². The van der Waals surface area contributed by atoms with Gasteiger partial charge in [0.05, 0.1) is 12.2 Å². The highest BCUT2D eigenvalue weighted by molar-refractivity contribution is 8.00. The molecular weight excluding hydrogens is 275 g/mol. The fourth-order valence-electron chi connectivity index (χ4n) is 2.13. The first-order valence-corrected chi connectivity index (χ1v) is 7.39. The van der Waals surface area contributed by atoms with Gasteiger partial charge in [0, 0.05) is 11.4 Å². The van der Waals surface area contributed by atoms with Gasteiger partial charge in [-0.3, -0.25) is 4.68 Å². The van der Waals surface area contributed by atoms with E-state index in [-0.39, 0.29) is 24.1 Å². The van der Waals surface area contributed by atoms with E-state index in [0.29, 0.717) is 6.54 Å². The van der Waals surface area contributed by atoms with E-state index in [1.807, 2.05) is 13.8 Å². The van der Waals surface area contributed by atoms with Crippen LogP contribution in [0.5, 0.6) is 0 Å². The standard InChI is InChI=1S/C12H20F3N3S/c1-3-10-9(5-6-16)11(4-2)18(17-10)7-8-19-12(13,14)15/h3-8,16H2,1-2H3. The van der Waals surface area contributed by atoms with E-state index >= 15 is 0 Å². The van der Waals surface area contributed by atoms with Crippen molar-refractivity contribution >= 4 is 11.8 Å². The maximum absolute atomic E-state index is 12.1. The van der Waals surface area contributed by atoms with E-state index in [2.05, 4.69) is 5.10 Å². The Kier molecular flexibility index (Phi) is 6.19. The van der Waals surface area contributed by atoms with Gasteiger partial charge >= 0.3 is 5.51 Å². The third-order valence-electron chi connectivity index (χ3n) is 2.88. The molecule has 19 heavy (non-hydrogen) atoms. The summed E-state index contributed by atoms with van der Waals surface area (Å²) in [6, 6.07) is 0. The Labute approximate surface area is 115 Å². The molecule has 2 N–H and O–H groups in total. The monoisotopic (exact) mass is 295 g/mol. The SMILES string of the molecule is CCc1nn(CCSC(F)(F)F)c(CC)c1CCN. The van der Waals surface area contributed by atoms with Crippen molar-refractivity contribution in [3.63, 3.8) is 0 Å². The lowest BCUT2D eigenvalue weighted by molar-refractivity contribution is -0.0328. The van der Waals surface area contributed by atoms with Gasteiger partial charge in [-0.05, 0) is 43.1 Å². The molecule has 0 spiro atoms. The Morgan fingerprint density at radius 3 is 2.42 bits per heavy atom. The maximum atomic E-state index is 12.1. The fourth-order valence-corrected chi connectivity index (χ4v) is 2.63. The summed E-state index contributed by atoms with van der Waals surface area (Å²) in [6.45, 7) is 4.80. The number of thioether (sulfide) groups is 1. The average Bonchev–Trinajstić information content (AvgIpc) is 2.65. The van der Waals surface area contributed by atoms with Gasteiger partial charge in [-0.2, -0.15) is 18.3 Å². The van der Waals surface area contributed by atoms with Gasteiger partial charge in [-0.25, -0.2) is 0 Å². The van der Waals surface area contributed by atoms with Crippen molar-refractivity contribution in [2.45, 2.75) is 45.2 Å². The van der Waals surface area contributed by atoms with Crippen molar-refractivity contribution in [3.05, 3.63) is 17.0 Å². The zero-order valence-electron chi connectivity index (χ0n) is 11.3. The van der Waals surface area contributed by atoms with Gasteiger partial charge in [0.2, 0.25) is 0 Å². The van der Waals surface area contributed by atoms with E-state index in [1.54, 1.807) is 4.68 Å². The molecule has 1 rings (SSSR count). The summed E-state index contributed by atoms with van der Waals surface area (Å²) >= 11 is -0.00186. The molecule has 0 aliphatic heterocycles. The van der Waals surface area contributed by atoms with Crippen molar-refractivity contribution in [1.82, 2.24) is 9.78 Å². The first-order valence-electron chi connectivity index (χ1n) is 6.41. The predicted molar refractivity (Wildman–Crippen MR) is 72.3 cm³/mol. The zero-order chi connectivity index (χ0) is 14.5. The lowest BCUT2D eigenvalue weighted by Crippen LogP contribution is -2.11. The van der Waals surface area contributed by atoms with Crippen molar-refractivity contribution in [3.8, 4) is 0 Å². The normalized spacial score (nSPS) is 12.1. The van der Waals surface area contributed by atoms with Crippen LogP contribution < -0.4 is 5.73 Å². The van der Waals surface area contributed by atoms with E-state index < -0.39 is 5.51 Å². The third-order valence-corrected chi connectivity index (χ3v) is 3.60. The summed E-state index contributed by atoms with van der Waals surface area (Å²) in [5.74, 6) is -0.0105. The Bertz CT molecular complexity index is 402. The Morgan fingerprint density at radius 2 is 1.95 bits per heavy atom. The lowest BCUT2D eigenvalue weighted by Gasteiger charge is -2.09. The predicted octanol–water partition coefficient (Wildman–Crippen LogP) is 2.76. The van der Waals surface area contributed by atoms with Gasteiger partial charge in [0.1, 0.15) is 0 Å². The molecule has 0 aliphatic carbocycles. The number of aromatic nitrogens is 2. The van der Waals surface area contributed by atoms with Crippen LogP contribution in [0, 0.1) is 0 Å². The first kappa shape index (κ1) is 16.4. The van der Waals surface area contributed by atoms with Crippen LogP contribution in [0.4, 0.5) is 13.2 Å². The van der Waals surface area contributed by atoms with Crippen molar-refractivity contribution in [2.24, 2.45) is 5.73 Å². The summed E-state index contributed by atoms with van der Waals surface area (Å²) in [4.78, 5) is 0. The number of hydrogen-bond acceptors (Lipinski definition) is 3. The first-order chi connectivity index (χ1) is 8.92.